The van der Waals surface area contributed by atoms with Crippen molar-refractivity contribution in [1.82, 2.24) is 0 Å². The van der Waals surface area contributed by atoms with Crippen molar-refractivity contribution in [2.45, 2.75) is 17.9 Å². The Labute approximate surface area is 159 Å². The third-order valence-corrected chi connectivity index (χ3v) is 6.48. The van der Waals surface area contributed by atoms with Crippen molar-refractivity contribution in [1.29, 1.82) is 0 Å². The Morgan fingerprint density at radius 2 is 1.85 bits per heavy atom. The molecule has 1 aliphatic heterocycles. The number of carbonyl (C=O) groups is 2. The van der Waals surface area contributed by atoms with E-state index in [1.54, 1.807) is 13.2 Å². The summed E-state index contributed by atoms with van der Waals surface area (Å²) >= 11 is 2.80. The summed E-state index contributed by atoms with van der Waals surface area (Å²) in [5.74, 6) is -0.176. The molecule has 4 rings (SSSR count). The summed E-state index contributed by atoms with van der Waals surface area (Å²) in [6, 6.07) is 14.8. The summed E-state index contributed by atoms with van der Waals surface area (Å²) in [5, 5.41) is 3.75. The molecule has 1 fully saturated rings. The quantitative estimate of drug-likeness (QED) is 0.475. The molecule has 0 unspecified atom stereocenters. The molecule has 0 saturated carbocycles. The van der Waals surface area contributed by atoms with Crippen LogP contribution in [-0.4, -0.2) is 18.9 Å². The normalized spacial score (nSPS) is 22.2. The fourth-order valence-corrected chi connectivity index (χ4v) is 5.04. The van der Waals surface area contributed by atoms with Crippen LogP contribution in [0.3, 0.4) is 0 Å². The predicted molar refractivity (Wildman–Crippen MR) is 101 cm³/mol. The lowest BCUT2D eigenvalue weighted by atomic mass is 9.77. The van der Waals surface area contributed by atoms with Crippen LogP contribution in [0.5, 0.6) is 5.75 Å². The third-order valence-electron chi connectivity index (χ3n) is 4.62. The second kappa shape index (κ2) is 6.70. The van der Waals surface area contributed by atoms with Crippen LogP contribution in [0, 0.1) is 0 Å². The van der Waals surface area contributed by atoms with Gasteiger partial charge in [-0.1, -0.05) is 24.3 Å². The number of carbonyl (C=O) groups excluding carboxylic acids is 2. The van der Waals surface area contributed by atoms with Crippen LogP contribution in [0.15, 0.2) is 59.3 Å². The van der Waals surface area contributed by atoms with Crippen LogP contribution in [0.4, 0.5) is 0 Å². The second-order valence-corrected chi connectivity index (χ2v) is 7.92. The molecule has 0 N–H and O–H groups in total. The number of thiophene rings is 2. The van der Waals surface area contributed by atoms with Crippen molar-refractivity contribution < 1.29 is 19.1 Å². The van der Waals surface area contributed by atoms with Crippen LogP contribution >= 0.6 is 22.7 Å². The van der Waals surface area contributed by atoms with Gasteiger partial charge in [-0.05, 0) is 40.6 Å². The van der Waals surface area contributed by atoms with E-state index in [1.165, 1.54) is 22.7 Å². The van der Waals surface area contributed by atoms with E-state index in [4.69, 9.17) is 9.47 Å². The number of ether oxygens (including phenoxy) is 2. The molecule has 0 aliphatic carbocycles. The maximum absolute atomic E-state index is 13.5. The summed E-state index contributed by atoms with van der Waals surface area (Å²) in [6.07, 6.45) is 0.168. The van der Waals surface area contributed by atoms with Gasteiger partial charge in [-0.25, -0.2) is 0 Å². The Kier molecular flexibility index (Phi) is 4.38. The lowest BCUT2D eigenvalue weighted by molar-refractivity contribution is -0.146. The zero-order valence-corrected chi connectivity index (χ0v) is 15.6. The number of ketones is 1. The second-order valence-electron chi connectivity index (χ2n) is 6.02. The molecule has 132 valence electrons. The van der Waals surface area contributed by atoms with E-state index in [1.807, 2.05) is 53.2 Å². The molecule has 0 bridgehead atoms. The van der Waals surface area contributed by atoms with Gasteiger partial charge in [0.15, 0.2) is 0 Å². The number of hydrogen-bond acceptors (Lipinski definition) is 6. The minimum atomic E-state index is -1.31. The van der Waals surface area contributed by atoms with Crippen molar-refractivity contribution in [2.75, 3.05) is 7.11 Å². The summed E-state index contributed by atoms with van der Waals surface area (Å²) in [6.45, 7) is 0. The number of cyclic esters (lactones) is 1. The van der Waals surface area contributed by atoms with Crippen LogP contribution in [-0.2, 0) is 15.1 Å². The van der Waals surface area contributed by atoms with Gasteiger partial charge >= 0.3 is 5.97 Å². The molecule has 2 atom stereocenters. The Bertz CT molecular complexity index is 913. The number of Topliss-reactive ketones (excluding diaryl/α,β-unsaturated/α-hetero) is 1. The molecule has 0 amide bonds. The number of benzene rings is 1. The first kappa shape index (κ1) is 17.0. The lowest BCUT2D eigenvalue weighted by Gasteiger charge is -2.31. The maximum atomic E-state index is 13.5. The zero-order chi connectivity index (χ0) is 18.1. The van der Waals surface area contributed by atoms with E-state index in [9.17, 15) is 9.59 Å². The Morgan fingerprint density at radius 1 is 1.12 bits per heavy atom. The van der Waals surface area contributed by atoms with E-state index in [0.29, 0.717) is 4.88 Å². The molecule has 1 saturated heterocycles. The molecular formula is C20H16O4S2. The maximum Gasteiger partial charge on any atom is 0.307 e. The van der Waals surface area contributed by atoms with E-state index in [0.717, 1.165) is 16.2 Å². The highest BCUT2D eigenvalue weighted by Crippen LogP contribution is 2.51. The smallest absolute Gasteiger partial charge is 0.307 e. The summed E-state index contributed by atoms with van der Waals surface area (Å²) in [7, 11) is 1.60. The minimum absolute atomic E-state index is 0.165. The minimum Gasteiger partial charge on any atom is -0.497 e. The van der Waals surface area contributed by atoms with Crippen molar-refractivity contribution in [2.24, 2.45) is 0 Å². The van der Waals surface area contributed by atoms with Gasteiger partial charge < -0.3 is 9.47 Å². The van der Waals surface area contributed by atoms with Crippen molar-refractivity contribution in [3.8, 4) is 5.75 Å². The van der Waals surface area contributed by atoms with E-state index >= 15 is 0 Å². The monoisotopic (exact) mass is 384 g/mol. The number of hydrogen-bond donors (Lipinski definition) is 0. The van der Waals surface area contributed by atoms with Gasteiger partial charge in [-0.3, -0.25) is 9.59 Å². The molecule has 4 nitrogen and oxygen atoms in total. The van der Waals surface area contributed by atoms with E-state index < -0.39 is 5.60 Å². The number of methoxy groups -OCH3 is 1. The largest absolute Gasteiger partial charge is 0.497 e. The first-order chi connectivity index (χ1) is 12.6. The highest BCUT2D eigenvalue weighted by atomic mass is 32.1. The standard InChI is InChI=1S/C20H16O4S2/c1-23-14-8-6-13(7-9-14)15-12-18(21)24-20(15,17-5-3-11-26-17)19(22)16-4-2-10-25-16/h2-11,15H,12H2,1H3/t15-,20-/m0/s1. The van der Waals surface area contributed by atoms with Crippen molar-refractivity contribution in [3.63, 3.8) is 0 Å². The third kappa shape index (κ3) is 2.66. The molecule has 1 aliphatic rings. The summed E-state index contributed by atoms with van der Waals surface area (Å²) in [5.41, 5.74) is -0.431. The highest BCUT2D eigenvalue weighted by Gasteiger charge is 2.57. The van der Waals surface area contributed by atoms with Gasteiger partial charge in [0.2, 0.25) is 11.4 Å². The zero-order valence-electron chi connectivity index (χ0n) is 14.0. The Hall–Kier alpha value is -2.44. The number of rotatable bonds is 5. The fourth-order valence-electron chi connectivity index (χ4n) is 3.41. The Morgan fingerprint density at radius 3 is 2.46 bits per heavy atom. The molecule has 1 aromatic carbocycles. The molecule has 3 aromatic rings. The van der Waals surface area contributed by atoms with Gasteiger partial charge in [-0.2, -0.15) is 0 Å². The van der Waals surface area contributed by atoms with E-state index in [2.05, 4.69) is 0 Å². The van der Waals surface area contributed by atoms with Crippen molar-refractivity contribution in [3.05, 3.63) is 74.6 Å². The first-order valence-corrected chi connectivity index (χ1v) is 9.89. The summed E-state index contributed by atoms with van der Waals surface area (Å²) < 4.78 is 11.0. The fraction of sp³-hybridized carbons (Fsp3) is 0.200. The lowest BCUT2D eigenvalue weighted by Crippen LogP contribution is -2.39. The topological polar surface area (TPSA) is 52.6 Å². The van der Waals surface area contributed by atoms with Gasteiger partial charge in [0.05, 0.1) is 23.3 Å². The van der Waals surface area contributed by atoms with Gasteiger partial charge in [0.1, 0.15) is 5.75 Å². The van der Waals surface area contributed by atoms with Crippen LogP contribution in [0.1, 0.15) is 32.5 Å². The Balaban J connectivity index is 1.87. The van der Waals surface area contributed by atoms with Crippen molar-refractivity contribution >= 4 is 34.4 Å². The molecule has 2 aromatic heterocycles. The first-order valence-electron chi connectivity index (χ1n) is 8.13. The molecular weight excluding hydrogens is 368 g/mol. The molecule has 0 radical (unpaired) electrons. The van der Waals surface area contributed by atoms with Crippen LogP contribution in [0.25, 0.3) is 0 Å². The molecule has 0 spiro atoms. The number of esters is 1. The predicted octanol–water partition coefficient (Wildman–Crippen LogP) is 4.63. The molecule has 26 heavy (non-hydrogen) atoms. The highest BCUT2D eigenvalue weighted by molar-refractivity contribution is 7.12. The van der Waals surface area contributed by atoms with Crippen LogP contribution in [0.2, 0.25) is 0 Å². The van der Waals surface area contributed by atoms with Crippen LogP contribution < -0.4 is 4.74 Å². The van der Waals surface area contributed by atoms with Gasteiger partial charge in [-0.15, -0.1) is 22.7 Å². The molecule has 6 heteroatoms. The van der Waals surface area contributed by atoms with E-state index in [-0.39, 0.29) is 24.1 Å². The SMILES string of the molecule is COc1ccc([C@@H]2CC(=O)O[C@]2(C(=O)c2cccs2)c2cccs2)cc1. The van der Waals surface area contributed by atoms with Gasteiger partial charge in [0.25, 0.3) is 0 Å². The average molecular weight is 384 g/mol. The van der Waals surface area contributed by atoms with Gasteiger partial charge in [0, 0.05) is 5.92 Å². The summed E-state index contributed by atoms with van der Waals surface area (Å²) in [4.78, 5) is 27.2. The molecule has 3 heterocycles. The average Bonchev–Trinajstić information content (AvgIpc) is 3.41.